The molecule has 1 aromatic heterocycles. The number of aromatic nitrogens is 2. The van der Waals surface area contributed by atoms with Crippen LogP contribution in [0.25, 0.3) is 10.6 Å². The van der Waals surface area contributed by atoms with E-state index in [1.165, 1.54) is 11.3 Å². The molecule has 3 amide bonds. The summed E-state index contributed by atoms with van der Waals surface area (Å²) < 4.78 is 0. The lowest BCUT2D eigenvalue weighted by Gasteiger charge is -2.03. The molecular formula is C14H12N4O3S2. The highest BCUT2D eigenvalue weighted by molar-refractivity contribution is 8.15. The first kappa shape index (κ1) is 15.6. The third-order valence-electron chi connectivity index (χ3n) is 3.11. The summed E-state index contributed by atoms with van der Waals surface area (Å²) in [5.41, 5.74) is 2.07. The van der Waals surface area contributed by atoms with Gasteiger partial charge < -0.3 is 5.32 Å². The molecule has 1 fully saturated rings. The first-order chi connectivity index (χ1) is 11.0. The van der Waals surface area contributed by atoms with E-state index in [1.54, 1.807) is 0 Å². The minimum atomic E-state index is -0.688. The molecule has 7 nitrogen and oxygen atoms in total. The molecule has 118 valence electrons. The number of carbonyl (C=O) groups excluding carboxylic acids is 3. The summed E-state index contributed by atoms with van der Waals surface area (Å²) in [6.45, 7) is 2.00. The Hall–Kier alpha value is -2.26. The normalized spacial score (nSPS) is 17.2. The van der Waals surface area contributed by atoms with Crippen LogP contribution in [-0.4, -0.2) is 32.5 Å². The summed E-state index contributed by atoms with van der Waals surface area (Å²) in [6.07, 6.45) is -0.0817. The SMILES string of the molecule is Cc1ccc(-c2nnc(NC(=O)CC3SC(=O)NC3=O)s2)cc1. The van der Waals surface area contributed by atoms with Gasteiger partial charge in [-0.25, -0.2) is 0 Å². The van der Waals surface area contributed by atoms with Gasteiger partial charge in [-0.05, 0) is 6.92 Å². The Labute approximate surface area is 139 Å². The lowest BCUT2D eigenvalue weighted by molar-refractivity contribution is -0.122. The van der Waals surface area contributed by atoms with Gasteiger partial charge in [-0.3, -0.25) is 19.7 Å². The molecule has 3 rings (SSSR count). The van der Waals surface area contributed by atoms with Crippen molar-refractivity contribution in [2.75, 3.05) is 5.32 Å². The quantitative estimate of drug-likeness (QED) is 0.878. The van der Waals surface area contributed by atoms with Gasteiger partial charge in [-0.1, -0.05) is 52.9 Å². The van der Waals surface area contributed by atoms with Gasteiger partial charge in [-0.2, -0.15) is 0 Å². The second-order valence-corrected chi connectivity index (χ2v) is 7.07. The van der Waals surface area contributed by atoms with Crippen molar-refractivity contribution in [2.24, 2.45) is 0 Å². The fourth-order valence-electron chi connectivity index (χ4n) is 1.95. The maximum Gasteiger partial charge on any atom is 0.286 e. The topological polar surface area (TPSA) is 101 Å². The number of nitrogens with one attached hydrogen (secondary N) is 2. The van der Waals surface area contributed by atoms with Crippen molar-refractivity contribution in [1.82, 2.24) is 15.5 Å². The minimum absolute atomic E-state index is 0.0817. The van der Waals surface area contributed by atoms with E-state index in [9.17, 15) is 14.4 Å². The summed E-state index contributed by atoms with van der Waals surface area (Å²) in [7, 11) is 0. The smallest absolute Gasteiger partial charge is 0.286 e. The lowest BCUT2D eigenvalue weighted by Crippen LogP contribution is -2.27. The molecule has 1 atom stereocenters. The molecule has 1 aliphatic rings. The van der Waals surface area contributed by atoms with Crippen molar-refractivity contribution >= 4 is 45.3 Å². The molecule has 0 aliphatic carbocycles. The molecule has 0 spiro atoms. The Morgan fingerprint density at radius 3 is 2.65 bits per heavy atom. The number of anilines is 1. The third-order valence-corrected chi connectivity index (χ3v) is 4.98. The molecule has 0 radical (unpaired) electrons. The fourth-order valence-corrected chi connectivity index (χ4v) is 3.54. The van der Waals surface area contributed by atoms with E-state index in [1.807, 2.05) is 31.2 Å². The second-order valence-electron chi connectivity index (χ2n) is 4.91. The van der Waals surface area contributed by atoms with Crippen LogP contribution < -0.4 is 10.6 Å². The van der Waals surface area contributed by atoms with E-state index < -0.39 is 16.4 Å². The van der Waals surface area contributed by atoms with Gasteiger partial charge >= 0.3 is 0 Å². The molecule has 2 heterocycles. The molecule has 1 aromatic carbocycles. The molecule has 1 unspecified atom stereocenters. The van der Waals surface area contributed by atoms with Crippen LogP contribution in [0, 0.1) is 6.92 Å². The molecule has 2 aromatic rings. The van der Waals surface area contributed by atoms with Crippen molar-refractivity contribution in [1.29, 1.82) is 0 Å². The lowest BCUT2D eigenvalue weighted by atomic mass is 10.2. The van der Waals surface area contributed by atoms with Gasteiger partial charge in [0.05, 0.1) is 0 Å². The number of thioether (sulfide) groups is 1. The second kappa shape index (κ2) is 6.47. The average molecular weight is 348 g/mol. The van der Waals surface area contributed by atoms with Crippen LogP contribution in [0.4, 0.5) is 9.93 Å². The molecule has 1 saturated heterocycles. The van der Waals surface area contributed by atoms with Gasteiger partial charge in [0.1, 0.15) is 10.3 Å². The van der Waals surface area contributed by atoms with Gasteiger partial charge in [0.25, 0.3) is 5.24 Å². The van der Waals surface area contributed by atoms with E-state index in [0.717, 1.165) is 22.9 Å². The standard InChI is InChI=1S/C14H12N4O3S2/c1-7-2-4-8(5-3-7)12-17-18-13(23-12)15-10(19)6-9-11(20)16-14(21)22-9/h2-5,9H,6H2,1H3,(H,15,18,19)(H,16,20,21). The number of benzene rings is 1. The van der Waals surface area contributed by atoms with Crippen molar-refractivity contribution in [2.45, 2.75) is 18.6 Å². The highest BCUT2D eigenvalue weighted by Gasteiger charge is 2.33. The van der Waals surface area contributed by atoms with E-state index >= 15 is 0 Å². The molecule has 0 bridgehead atoms. The van der Waals surface area contributed by atoms with Crippen molar-refractivity contribution in [3.8, 4) is 10.6 Å². The Morgan fingerprint density at radius 2 is 2.00 bits per heavy atom. The highest BCUT2D eigenvalue weighted by Crippen LogP contribution is 2.27. The molecule has 1 aliphatic heterocycles. The van der Waals surface area contributed by atoms with E-state index in [4.69, 9.17) is 0 Å². The van der Waals surface area contributed by atoms with Crippen molar-refractivity contribution in [3.05, 3.63) is 29.8 Å². The summed E-state index contributed by atoms with van der Waals surface area (Å²) >= 11 is 2.07. The van der Waals surface area contributed by atoms with E-state index in [2.05, 4.69) is 20.8 Å². The number of amides is 3. The van der Waals surface area contributed by atoms with Gasteiger partial charge in [0.15, 0.2) is 0 Å². The number of carbonyl (C=O) groups is 3. The maximum atomic E-state index is 11.9. The number of imide groups is 1. The number of aryl methyl sites for hydroxylation is 1. The summed E-state index contributed by atoms with van der Waals surface area (Å²) in [6, 6.07) is 7.82. The highest BCUT2D eigenvalue weighted by atomic mass is 32.2. The van der Waals surface area contributed by atoms with Gasteiger partial charge in [0.2, 0.25) is 16.9 Å². The number of nitrogens with zero attached hydrogens (tertiary/aromatic N) is 2. The fraction of sp³-hybridized carbons (Fsp3) is 0.214. The molecular weight excluding hydrogens is 336 g/mol. The average Bonchev–Trinajstić information content (AvgIpc) is 3.07. The summed E-state index contributed by atoms with van der Waals surface area (Å²) in [5.74, 6) is -0.813. The Bertz CT molecular complexity index is 773. The minimum Gasteiger partial charge on any atom is -0.300 e. The van der Waals surface area contributed by atoms with Crippen LogP contribution in [0.2, 0.25) is 0 Å². The zero-order chi connectivity index (χ0) is 16.4. The molecule has 0 saturated carbocycles. The molecule has 9 heteroatoms. The molecule has 23 heavy (non-hydrogen) atoms. The predicted molar refractivity (Wildman–Crippen MR) is 88.2 cm³/mol. The summed E-state index contributed by atoms with van der Waals surface area (Å²) in [5, 5.41) is 12.7. The van der Waals surface area contributed by atoms with Crippen LogP contribution >= 0.6 is 23.1 Å². The van der Waals surface area contributed by atoms with Crippen molar-refractivity contribution in [3.63, 3.8) is 0 Å². The first-order valence-corrected chi connectivity index (χ1v) is 8.43. The molecule has 2 N–H and O–H groups in total. The van der Waals surface area contributed by atoms with E-state index in [-0.39, 0.29) is 12.3 Å². The van der Waals surface area contributed by atoms with Crippen LogP contribution in [0.5, 0.6) is 0 Å². The largest absolute Gasteiger partial charge is 0.300 e. The number of rotatable bonds is 4. The third kappa shape index (κ3) is 3.74. The maximum absolute atomic E-state index is 11.9. The van der Waals surface area contributed by atoms with Crippen LogP contribution in [0.1, 0.15) is 12.0 Å². The zero-order valence-corrected chi connectivity index (χ0v) is 13.7. The number of hydrogen-bond acceptors (Lipinski definition) is 7. The Balaban J connectivity index is 1.62. The van der Waals surface area contributed by atoms with Gasteiger partial charge in [-0.15, -0.1) is 10.2 Å². The zero-order valence-electron chi connectivity index (χ0n) is 12.0. The first-order valence-electron chi connectivity index (χ1n) is 6.73. The van der Waals surface area contributed by atoms with Gasteiger partial charge in [0, 0.05) is 12.0 Å². The predicted octanol–water partition coefficient (Wildman–Crippen LogP) is 2.19. The van der Waals surface area contributed by atoms with E-state index in [0.29, 0.717) is 10.1 Å². The van der Waals surface area contributed by atoms with Crippen LogP contribution in [-0.2, 0) is 9.59 Å². The summed E-state index contributed by atoms with van der Waals surface area (Å²) in [4.78, 5) is 34.4. The van der Waals surface area contributed by atoms with Crippen molar-refractivity contribution < 1.29 is 14.4 Å². The van der Waals surface area contributed by atoms with Crippen LogP contribution in [0.3, 0.4) is 0 Å². The Morgan fingerprint density at radius 1 is 1.26 bits per heavy atom. The monoisotopic (exact) mass is 348 g/mol. The van der Waals surface area contributed by atoms with Crippen LogP contribution in [0.15, 0.2) is 24.3 Å². The number of hydrogen-bond donors (Lipinski definition) is 2. The Kier molecular flexibility index (Phi) is 4.39.